The first-order valence-corrected chi connectivity index (χ1v) is 3.31. The third-order valence-electron chi connectivity index (χ3n) is 0.694. The largest absolute Gasteiger partial charge is 0.376 e. The van der Waals surface area contributed by atoms with E-state index in [1.54, 1.807) is 0 Å². The van der Waals surface area contributed by atoms with E-state index in [-0.39, 0.29) is 0 Å². The highest BCUT2D eigenvalue weighted by molar-refractivity contribution is 6.12. The van der Waals surface area contributed by atoms with Crippen molar-refractivity contribution in [2.75, 3.05) is 6.61 Å². The fourth-order valence-electron chi connectivity index (χ4n) is 0.304. The van der Waals surface area contributed by atoms with E-state index in [9.17, 15) is 4.79 Å². The molecule has 2 N–H and O–H groups in total. The standard InChI is InChI=1S/C4H9ClN4O2/c1-2-3-11-9(5)8-4(10)7-6/h6H,2-3H2,1H3,(H,8,10). The van der Waals surface area contributed by atoms with Crippen molar-refractivity contribution in [1.29, 1.82) is 5.53 Å². The maximum atomic E-state index is 10.3. The Hall–Kier alpha value is -0.720. The molecule has 0 spiro atoms. The average Bonchev–Trinajstić information content (AvgIpc) is 2.00. The first-order chi connectivity index (χ1) is 5.20. The summed E-state index contributed by atoms with van der Waals surface area (Å²) < 4.78 is 0.601. The SMILES string of the molecule is CCCON(Cl)NC(=O)N=N. The Morgan fingerprint density at radius 1 is 1.91 bits per heavy atom. The van der Waals surface area contributed by atoms with Crippen molar-refractivity contribution in [3.63, 3.8) is 0 Å². The molecule has 0 aromatic carbocycles. The molecular weight excluding hydrogens is 172 g/mol. The Balaban J connectivity index is 3.43. The van der Waals surface area contributed by atoms with Gasteiger partial charge in [-0.3, -0.25) is 4.84 Å². The van der Waals surface area contributed by atoms with Crippen molar-refractivity contribution >= 4 is 17.8 Å². The number of nitrogens with one attached hydrogen (secondary N) is 2. The van der Waals surface area contributed by atoms with Crippen LogP contribution in [0.3, 0.4) is 0 Å². The maximum Gasteiger partial charge on any atom is 0.376 e. The van der Waals surface area contributed by atoms with Gasteiger partial charge in [0.15, 0.2) is 0 Å². The fourth-order valence-corrected chi connectivity index (χ4v) is 0.445. The van der Waals surface area contributed by atoms with E-state index in [0.717, 1.165) is 6.42 Å². The van der Waals surface area contributed by atoms with Gasteiger partial charge >= 0.3 is 6.03 Å². The van der Waals surface area contributed by atoms with E-state index >= 15 is 0 Å². The van der Waals surface area contributed by atoms with Gasteiger partial charge in [0.25, 0.3) is 0 Å². The highest BCUT2D eigenvalue weighted by Gasteiger charge is 2.03. The molecule has 0 unspecified atom stereocenters. The van der Waals surface area contributed by atoms with Gasteiger partial charge in [-0.2, -0.15) is 5.53 Å². The Kier molecular flexibility index (Phi) is 5.63. The number of urea groups is 1. The van der Waals surface area contributed by atoms with Crippen molar-refractivity contribution in [2.24, 2.45) is 5.11 Å². The molecule has 0 radical (unpaired) electrons. The molecular formula is C4H9ClN4O2. The average molecular weight is 181 g/mol. The van der Waals surface area contributed by atoms with E-state index in [1.165, 1.54) is 0 Å². The smallest absolute Gasteiger partial charge is 0.265 e. The number of amides is 2. The van der Waals surface area contributed by atoms with Crippen molar-refractivity contribution in [2.45, 2.75) is 13.3 Å². The van der Waals surface area contributed by atoms with Crippen LogP contribution >= 0.6 is 11.8 Å². The van der Waals surface area contributed by atoms with E-state index in [0.29, 0.717) is 11.3 Å². The number of hydrazine groups is 1. The first-order valence-electron chi connectivity index (χ1n) is 2.97. The zero-order valence-corrected chi connectivity index (χ0v) is 6.76. The number of carbonyl (C=O) groups excluding carboxylic acids is 1. The van der Waals surface area contributed by atoms with Crippen molar-refractivity contribution in [1.82, 2.24) is 10.1 Å². The Morgan fingerprint density at radius 3 is 3.00 bits per heavy atom. The van der Waals surface area contributed by atoms with Crippen LogP contribution in [0.25, 0.3) is 0 Å². The number of rotatable bonds is 4. The first kappa shape index (κ1) is 10.3. The summed E-state index contributed by atoms with van der Waals surface area (Å²) in [6, 6.07) is -0.879. The third-order valence-corrected chi connectivity index (χ3v) is 0.876. The number of hydrogen-bond acceptors (Lipinski definition) is 4. The second kappa shape index (κ2) is 6.02. The van der Waals surface area contributed by atoms with Crippen LogP contribution in [0.4, 0.5) is 4.79 Å². The van der Waals surface area contributed by atoms with E-state index in [4.69, 9.17) is 17.3 Å². The summed E-state index contributed by atoms with van der Waals surface area (Å²) in [6.07, 6.45) is 0.775. The summed E-state index contributed by atoms with van der Waals surface area (Å²) in [5.41, 5.74) is 8.20. The monoisotopic (exact) mass is 180 g/mol. The number of carbonyl (C=O) groups is 1. The number of halogens is 1. The van der Waals surface area contributed by atoms with Gasteiger partial charge in [0.05, 0.1) is 6.61 Å². The van der Waals surface area contributed by atoms with Crippen LogP contribution in [-0.2, 0) is 4.84 Å². The lowest BCUT2D eigenvalue weighted by molar-refractivity contribution is -0.108. The van der Waals surface area contributed by atoms with Crippen LogP contribution in [0, 0.1) is 5.53 Å². The van der Waals surface area contributed by atoms with Gasteiger partial charge in [-0.25, -0.2) is 10.2 Å². The normalized spacial score (nSPS) is 9.73. The molecule has 0 saturated heterocycles. The predicted octanol–water partition coefficient (Wildman–Crippen LogP) is 1.44. The van der Waals surface area contributed by atoms with Crippen molar-refractivity contribution < 1.29 is 9.63 Å². The summed E-state index contributed by atoms with van der Waals surface area (Å²) in [5, 5.41) is 2.53. The Labute approximate surface area is 69.0 Å². The zero-order chi connectivity index (χ0) is 8.69. The lowest BCUT2D eigenvalue weighted by atomic mass is 10.5. The highest BCUT2D eigenvalue weighted by Crippen LogP contribution is 1.92. The minimum Gasteiger partial charge on any atom is -0.265 e. The molecule has 64 valence electrons. The molecule has 0 aliphatic heterocycles. The molecule has 0 rings (SSSR count). The Bertz CT molecular complexity index is 142. The molecule has 0 aliphatic rings. The summed E-state index contributed by atoms with van der Waals surface area (Å²) in [5.74, 6) is 0. The fraction of sp³-hybridized carbons (Fsp3) is 0.750. The van der Waals surface area contributed by atoms with E-state index in [1.807, 2.05) is 12.3 Å². The summed E-state index contributed by atoms with van der Waals surface area (Å²) >= 11 is 5.27. The second-order valence-electron chi connectivity index (χ2n) is 1.61. The molecule has 0 heterocycles. The number of nitrogens with zero attached hydrogens (tertiary/aromatic N) is 2. The van der Waals surface area contributed by atoms with Gasteiger partial charge in [0, 0.05) is 11.8 Å². The maximum absolute atomic E-state index is 10.3. The van der Waals surface area contributed by atoms with Gasteiger partial charge in [-0.15, -0.1) is 0 Å². The summed E-state index contributed by atoms with van der Waals surface area (Å²) in [7, 11) is 0. The van der Waals surface area contributed by atoms with Crippen LogP contribution < -0.4 is 5.43 Å². The van der Waals surface area contributed by atoms with Crippen LogP contribution in [0.5, 0.6) is 0 Å². The van der Waals surface area contributed by atoms with Gasteiger partial charge in [-0.05, 0) is 11.1 Å². The molecule has 0 aliphatic carbocycles. The molecule has 11 heavy (non-hydrogen) atoms. The van der Waals surface area contributed by atoms with Crippen molar-refractivity contribution in [3.8, 4) is 0 Å². The lowest BCUT2D eigenvalue weighted by Crippen LogP contribution is -2.33. The van der Waals surface area contributed by atoms with Gasteiger partial charge < -0.3 is 0 Å². The van der Waals surface area contributed by atoms with E-state index < -0.39 is 6.03 Å². The molecule has 7 heteroatoms. The van der Waals surface area contributed by atoms with Gasteiger partial charge in [0.2, 0.25) is 0 Å². The quantitative estimate of drug-likeness (QED) is 0.390. The molecule has 0 atom stereocenters. The van der Waals surface area contributed by atoms with Crippen LogP contribution in [-0.4, -0.2) is 17.3 Å². The minimum absolute atomic E-state index is 0.391. The van der Waals surface area contributed by atoms with Crippen LogP contribution in [0.15, 0.2) is 5.11 Å². The summed E-state index contributed by atoms with van der Waals surface area (Å²) in [4.78, 5) is 15.0. The highest BCUT2D eigenvalue weighted by atomic mass is 35.5. The second-order valence-corrected chi connectivity index (χ2v) is 1.91. The zero-order valence-electron chi connectivity index (χ0n) is 6.00. The van der Waals surface area contributed by atoms with Crippen molar-refractivity contribution in [3.05, 3.63) is 0 Å². The summed E-state index contributed by atoms with van der Waals surface area (Å²) in [6.45, 7) is 2.28. The third kappa shape index (κ3) is 5.71. The molecule has 0 saturated carbocycles. The van der Waals surface area contributed by atoms with Gasteiger partial charge in [-0.1, -0.05) is 12.0 Å². The molecule has 0 aromatic rings. The molecule has 6 nitrogen and oxygen atoms in total. The minimum atomic E-state index is -0.879. The Morgan fingerprint density at radius 2 is 2.55 bits per heavy atom. The lowest BCUT2D eigenvalue weighted by Gasteiger charge is -2.10. The van der Waals surface area contributed by atoms with E-state index in [2.05, 4.69) is 9.95 Å². The molecule has 0 bridgehead atoms. The number of hydrogen-bond donors (Lipinski definition) is 2. The topological polar surface area (TPSA) is 77.8 Å². The molecule has 2 amide bonds. The van der Waals surface area contributed by atoms with Crippen LogP contribution in [0.1, 0.15) is 13.3 Å². The van der Waals surface area contributed by atoms with Gasteiger partial charge in [0.1, 0.15) is 0 Å². The van der Waals surface area contributed by atoms with Crippen LogP contribution in [0.2, 0.25) is 0 Å². The molecule has 0 aromatic heterocycles. The molecule has 0 fully saturated rings. The predicted molar refractivity (Wildman–Crippen MR) is 37.6 cm³/mol.